The van der Waals surface area contributed by atoms with Crippen molar-refractivity contribution in [1.29, 1.82) is 0 Å². The number of anilines is 2. The molecule has 1 heterocycles. The van der Waals surface area contributed by atoms with Gasteiger partial charge < -0.3 is 15.7 Å². The minimum absolute atomic E-state index is 0.0300. The van der Waals surface area contributed by atoms with Crippen molar-refractivity contribution in [2.45, 2.75) is 19.8 Å². The molecule has 31 heavy (non-hydrogen) atoms. The third-order valence-electron chi connectivity index (χ3n) is 4.52. The molecular formula is C25H23N3O3. The zero-order valence-electron chi connectivity index (χ0n) is 17.2. The van der Waals surface area contributed by atoms with Crippen molar-refractivity contribution in [2.24, 2.45) is 0 Å². The quantitative estimate of drug-likeness (QED) is 0.388. The fourth-order valence-corrected chi connectivity index (χ4v) is 2.91. The summed E-state index contributed by atoms with van der Waals surface area (Å²) >= 11 is 0. The van der Waals surface area contributed by atoms with E-state index in [0.717, 1.165) is 19.4 Å². The van der Waals surface area contributed by atoms with Gasteiger partial charge in [-0.25, -0.2) is 9.78 Å². The van der Waals surface area contributed by atoms with E-state index in [9.17, 15) is 14.7 Å². The lowest BCUT2D eigenvalue weighted by Gasteiger charge is -2.14. The van der Waals surface area contributed by atoms with Gasteiger partial charge in [-0.2, -0.15) is 0 Å². The molecule has 6 nitrogen and oxygen atoms in total. The standard InChI is InChI=1S/C25H23N3O3/c1-2-3-15-27-22-14-12-18(11-13-19-8-6-7-16-26-19)17-21(22)24(29)28-23-10-5-4-9-20(23)25(30)31/h4-10,12,14,16-17,27H,2-3,15H2,1H3,(H,28,29)(H,30,31). The van der Waals surface area contributed by atoms with Gasteiger partial charge in [-0.15, -0.1) is 0 Å². The van der Waals surface area contributed by atoms with E-state index in [0.29, 0.717) is 22.5 Å². The molecule has 1 aromatic heterocycles. The van der Waals surface area contributed by atoms with Crippen molar-refractivity contribution >= 4 is 23.3 Å². The molecule has 6 heteroatoms. The maximum absolute atomic E-state index is 13.1. The van der Waals surface area contributed by atoms with E-state index in [1.807, 2.05) is 30.3 Å². The zero-order chi connectivity index (χ0) is 22.1. The first-order chi connectivity index (χ1) is 15.1. The van der Waals surface area contributed by atoms with E-state index in [1.54, 1.807) is 30.5 Å². The van der Waals surface area contributed by atoms with Gasteiger partial charge in [0.1, 0.15) is 5.69 Å². The molecule has 2 aromatic carbocycles. The Kier molecular flexibility index (Phi) is 7.39. The number of nitrogens with zero attached hydrogens (tertiary/aromatic N) is 1. The lowest BCUT2D eigenvalue weighted by Crippen LogP contribution is -2.17. The molecule has 3 N–H and O–H groups in total. The molecule has 0 fully saturated rings. The largest absolute Gasteiger partial charge is 0.478 e. The van der Waals surface area contributed by atoms with Crippen LogP contribution >= 0.6 is 0 Å². The Morgan fingerprint density at radius 2 is 1.77 bits per heavy atom. The van der Waals surface area contributed by atoms with Crippen molar-refractivity contribution in [1.82, 2.24) is 4.98 Å². The van der Waals surface area contributed by atoms with E-state index in [4.69, 9.17) is 0 Å². The Bertz CT molecular complexity index is 1130. The number of aromatic carboxylic acids is 1. The summed E-state index contributed by atoms with van der Waals surface area (Å²) in [5.41, 5.74) is 2.62. The van der Waals surface area contributed by atoms with Crippen LogP contribution in [-0.2, 0) is 0 Å². The Labute approximate surface area is 181 Å². The van der Waals surface area contributed by atoms with Crippen LogP contribution in [0.1, 0.15) is 51.7 Å². The van der Waals surface area contributed by atoms with E-state index in [2.05, 4.69) is 34.4 Å². The minimum atomic E-state index is -1.10. The summed E-state index contributed by atoms with van der Waals surface area (Å²) in [5, 5.41) is 15.4. The fourth-order valence-electron chi connectivity index (χ4n) is 2.91. The summed E-state index contributed by atoms with van der Waals surface area (Å²) in [6, 6.07) is 17.1. The van der Waals surface area contributed by atoms with Gasteiger partial charge in [0.25, 0.3) is 5.91 Å². The number of carbonyl (C=O) groups excluding carboxylic acids is 1. The molecule has 0 bridgehead atoms. The third kappa shape index (κ3) is 5.94. The molecule has 156 valence electrons. The van der Waals surface area contributed by atoms with Crippen LogP contribution in [0.4, 0.5) is 11.4 Å². The first-order valence-corrected chi connectivity index (χ1v) is 10.0. The fraction of sp³-hybridized carbons (Fsp3) is 0.160. The number of amides is 1. The number of carboxylic acids is 1. The summed E-state index contributed by atoms with van der Waals surface area (Å²) in [6.07, 6.45) is 3.65. The monoisotopic (exact) mass is 413 g/mol. The number of hydrogen-bond donors (Lipinski definition) is 3. The molecular weight excluding hydrogens is 390 g/mol. The second kappa shape index (κ2) is 10.6. The Morgan fingerprint density at radius 1 is 0.968 bits per heavy atom. The highest BCUT2D eigenvalue weighted by atomic mass is 16.4. The number of benzene rings is 2. The minimum Gasteiger partial charge on any atom is -0.478 e. The summed E-state index contributed by atoms with van der Waals surface area (Å²) in [7, 11) is 0. The highest BCUT2D eigenvalue weighted by Gasteiger charge is 2.16. The van der Waals surface area contributed by atoms with Gasteiger partial charge >= 0.3 is 5.97 Å². The second-order valence-corrected chi connectivity index (χ2v) is 6.81. The topological polar surface area (TPSA) is 91.3 Å². The number of hydrogen-bond acceptors (Lipinski definition) is 4. The Balaban J connectivity index is 1.92. The third-order valence-corrected chi connectivity index (χ3v) is 4.52. The van der Waals surface area contributed by atoms with Gasteiger partial charge in [0.2, 0.25) is 0 Å². The number of carbonyl (C=O) groups is 2. The molecule has 0 aliphatic heterocycles. The maximum atomic E-state index is 13.1. The smallest absolute Gasteiger partial charge is 0.337 e. The van der Waals surface area contributed by atoms with Gasteiger partial charge in [0.05, 0.1) is 16.8 Å². The molecule has 0 aliphatic rings. The summed E-state index contributed by atoms with van der Waals surface area (Å²) in [6.45, 7) is 2.82. The average molecular weight is 413 g/mol. The van der Waals surface area contributed by atoms with E-state index < -0.39 is 11.9 Å². The van der Waals surface area contributed by atoms with Crippen molar-refractivity contribution < 1.29 is 14.7 Å². The molecule has 1 amide bonds. The average Bonchev–Trinajstić information content (AvgIpc) is 2.79. The van der Waals surface area contributed by atoms with Crippen LogP contribution in [0.5, 0.6) is 0 Å². The summed E-state index contributed by atoms with van der Waals surface area (Å²) in [4.78, 5) is 28.7. The molecule has 0 radical (unpaired) electrons. The normalized spacial score (nSPS) is 9.97. The zero-order valence-corrected chi connectivity index (χ0v) is 17.2. The molecule has 0 saturated carbocycles. The number of pyridine rings is 1. The van der Waals surface area contributed by atoms with Crippen molar-refractivity contribution in [3.05, 3.63) is 89.2 Å². The van der Waals surface area contributed by atoms with Crippen molar-refractivity contribution in [3.63, 3.8) is 0 Å². The molecule has 0 unspecified atom stereocenters. The molecule has 0 aliphatic carbocycles. The SMILES string of the molecule is CCCCNc1ccc(C#Cc2ccccn2)cc1C(=O)Nc1ccccc1C(=O)O. The molecule has 0 spiro atoms. The van der Waals surface area contributed by atoms with Gasteiger partial charge in [-0.3, -0.25) is 4.79 Å². The summed E-state index contributed by atoms with van der Waals surface area (Å²) < 4.78 is 0. The van der Waals surface area contributed by atoms with E-state index in [1.165, 1.54) is 6.07 Å². The Hall–Kier alpha value is -4.11. The number of aromatic nitrogens is 1. The van der Waals surface area contributed by atoms with Crippen LogP contribution in [-0.4, -0.2) is 28.5 Å². The molecule has 0 saturated heterocycles. The highest BCUT2D eigenvalue weighted by Crippen LogP contribution is 2.21. The number of rotatable bonds is 7. The van der Waals surface area contributed by atoms with Crippen LogP contribution in [0, 0.1) is 11.8 Å². The van der Waals surface area contributed by atoms with Gasteiger partial charge in [0, 0.05) is 24.0 Å². The number of para-hydroxylation sites is 1. The van der Waals surface area contributed by atoms with Gasteiger partial charge in [-0.1, -0.05) is 37.5 Å². The first kappa shape index (κ1) is 21.6. The lowest BCUT2D eigenvalue weighted by molar-refractivity contribution is 0.0698. The van der Waals surface area contributed by atoms with E-state index in [-0.39, 0.29) is 11.3 Å². The van der Waals surface area contributed by atoms with Crippen LogP contribution in [0.3, 0.4) is 0 Å². The van der Waals surface area contributed by atoms with Gasteiger partial charge in [-0.05, 0) is 54.8 Å². The molecule has 0 atom stereocenters. The van der Waals surface area contributed by atoms with Crippen LogP contribution in [0.2, 0.25) is 0 Å². The molecule has 3 aromatic rings. The van der Waals surface area contributed by atoms with Gasteiger partial charge in [0.15, 0.2) is 0 Å². The van der Waals surface area contributed by atoms with Crippen LogP contribution in [0.15, 0.2) is 66.9 Å². The maximum Gasteiger partial charge on any atom is 0.337 e. The second-order valence-electron chi connectivity index (χ2n) is 6.81. The highest BCUT2D eigenvalue weighted by molar-refractivity contribution is 6.10. The lowest BCUT2D eigenvalue weighted by atomic mass is 10.1. The van der Waals surface area contributed by atoms with Crippen LogP contribution in [0.25, 0.3) is 0 Å². The number of unbranched alkanes of at least 4 members (excludes halogenated alkanes) is 1. The molecule has 3 rings (SSSR count). The summed E-state index contributed by atoms with van der Waals surface area (Å²) in [5.74, 6) is 4.50. The first-order valence-electron chi connectivity index (χ1n) is 10.0. The predicted octanol–water partition coefficient (Wildman–Crippen LogP) is 4.64. The number of carboxylic acid groups (broad SMARTS) is 1. The number of nitrogens with one attached hydrogen (secondary N) is 2. The Morgan fingerprint density at radius 3 is 2.52 bits per heavy atom. The van der Waals surface area contributed by atoms with Crippen molar-refractivity contribution in [3.8, 4) is 11.8 Å². The van der Waals surface area contributed by atoms with Crippen molar-refractivity contribution in [2.75, 3.05) is 17.2 Å². The predicted molar refractivity (Wildman–Crippen MR) is 121 cm³/mol. The van der Waals surface area contributed by atoms with E-state index >= 15 is 0 Å². The van der Waals surface area contributed by atoms with Crippen LogP contribution < -0.4 is 10.6 Å².